The van der Waals surface area contributed by atoms with Crippen molar-refractivity contribution in [3.8, 4) is 0 Å². The highest BCUT2D eigenvalue weighted by molar-refractivity contribution is 6.17. The van der Waals surface area contributed by atoms with Gasteiger partial charge < -0.3 is 10.3 Å². The number of amides is 1. The van der Waals surface area contributed by atoms with Gasteiger partial charge >= 0.3 is 0 Å². The van der Waals surface area contributed by atoms with Crippen molar-refractivity contribution in [1.82, 2.24) is 15.3 Å². The molecule has 2 heterocycles. The third kappa shape index (κ3) is 3.48. The van der Waals surface area contributed by atoms with Crippen LogP contribution < -0.4 is 5.32 Å². The monoisotopic (exact) mass is 355 g/mol. The summed E-state index contributed by atoms with van der Waals surface area (Å²) in [5, 5.41) is 3.61. The second-order valence-electron chi connectivity index (χ2n) is 6.20. The van der Waals surface area contributed by atoms with Gasteiger partial charge in [-0.2, -0.15) is 0 Å². The molecule has 4 aromatic rings. The molecule has 2 aromatic heterocycles. The third-order valence-electron chi connectivity index (χ3n) is 4.40. The molecular weight excluding hydrogens is 338 g/mol. The number of ketones is 1. The minimum absolute atomic E-state index is 0.0743. The van der Waals surface area contributed by atoms with Gasteiger partial charge in [0.1, 0.15) is 0 Å². The number of aromatic amines is 1. The summed E-state index contributed by atoms with van der Waals surface area (Å²) in [4.78, 5) is 32.4. The van der Waals surface area contributed by atoms with Crippen LogP contribution in [0.25, 0.3) is 10.9 Å². The van der Waals surface area contributed by atoms with Gasteiger partial charge in [0.05, 0.1) is 0 Å². The average Bonchev–Trinajstić information content (AvgIpc) is 3.16. The van der Waals surface area contributed by atoms with Gasteiger partial charge in [-0.05, 0) is 29.8 Å². The number of aromatic nitrogens is 2. The maximum absolute atomic E-state index is 12.8. The Hall–Kier alpha value is -3.73. The van der Waals surface area contributed by atoms with Crippen molar-refractivity contribution in [2.75, 3.05) is 0 Å². The lowest BCUT2D eigenvalue weighted by Crippen LogP contribution is -2.22. The van der Waals surface area contributed by atoms with Gasteiger partial charge in [-0.25, -0.2) is 0 Å². The van der Waals surface area contributed by atoms with Crippen LogP contribution in [-0.4, -0.2) is 21.7 Å². The molecule has 1 amide bonds. The van der Waals surface area contributed by atoms with Gasteiger partial charge in [-0.15, -0.1) is 0 Å². The number of hydrogen-bond donors (Lipinski definition) is 2. The van der Waals surface area contributed by atoms with Crippen LogP contribution in [0.2, 0.25) is 0 Å². The zero-order chi connectivity index (χ0) is 18.6. The molecule has 0 aliphatic heterocycles. The molecule has 0 unspecified atom stereocenters. The van der Waals surface area contributed by atoms with Crippen LogP contribution in [0.1, 0.15) is 31.8 Å². The number of carbonyl (C=O) groups is 2. The molecule has 0 saturated heterocycles. The Balaban J connectivity index is 1.60. The lowest BCUT2D eigenvalue weighted by Gasteiger charge is -2.06. The molecule has 2 aromatic carbocycles. The van der Waals surface area contributed by atoms with Crippen molar-refractivity contribution in [2.45, 2.75) is 6.54 Å². The fraction of sp³-hybridized carbons (Fsp3) is 0.0455. The van der Waals surface area contributed by atoms with E-state index in [1.54, 1.807) is 42.9 Å². The van der Waals surface area contributed by atoms with Crippen LogP contribution in [0.3, 0.4) is 0 Å². The van der Waals surface area contributed by atoms with Crippen LogP contribution in [0.15, 0.2) is 79.3 Å². The van der Waals surface area contributed by atoms with Gasteiger partial charge in [0.2, 0.25) is 0 Å². The largest absolute Gasteiger partial charge is 0.360 e. The van der Waals surface area contributed by atoms with Gasteiger partial charge in [0.15, 0.2) is 5.78 Å². The van der Waals surface area contributed by atoms with E-state index in [1.165, 1.54) is 0 Å². The molecule has 5 nitrogen and oxygen atoms in total. The van der Waals surface area contributed by atoms with E-state index >= 15 is 0 Å². The normalized spacial score (nSPS) is 10.7. The minimum Gasteiger partial charge on any atom is -0.360 e. The Kier molecular flexibility index (Phi) is 4.49. The minimum atomic E-state index is -0.194. The van der Waals surface area contributed by atoms with Crippen molar-refractivity contribution in [1.29, 1.82) is 0 Å². The summed E-state index contributed by atoms with van der Waals surface area (Å²) in [7, 11) is 0. The molecule has 0 aliphatic carbocycles. The van der Waals surface area contributed by atoms with E-state index in [1.807, 2.05) is 36.4 Å². The zero-order valence-corrected chi connectivity index (χ0v) is 14.5. The first-order valence-electron chi connectivity index (χ1n) is 8.60. The van der Waals surface area contributed by atoms with Crippen molar-refractivity contribution >= 4 is 22.6 Å². The summed E-state index contributed by atoms with van der Waals surface area (Å²) in [6.45, 7) is 0.396. The van der Waals surface area contributed by atoms with Crippen molar-refractivity contribution in [2.24, 2.45) is 0 Å². The SMILES string of the molecule is O=C(NCc1cccnc1)c1ccc2[nH]cc(C(=O)c3ccccc3)c2c1. The van der Waals surface area contributed by atoms with E-state index in [2.05, 4.69) is 15.3 Å². The maximum Gasteiger partial charge on any atom is 0.251 e. The Labute approximate surface area is 156 Å². The number of pyridine rings is 1. The quantitative estimate of drug-likeness (QED) is 0.536. The number of nitrogens with one attached hydrogen (secondary N) is 2. The van der Waals surface area contributed by atoms with Crippen molar-refractivity contribution in [3.05, 3.63) is 102 Å². The molecule has 5 heteroatoms. The topological polar surface area (TPSA) is 74.8 Å². The van der Waals surface area contributed by atoms with Crippen LogP contribution in [-0.2, 0) is 6.54 Å². The summed E-state index contributed by atoms with van der Waals surface area (Å²) < 4.78 is 0. The lowest BCUT2D eigenvalue weighted by atomic mass is 10.0. The number of fused-ring (bicyclic) bond motifs is 1. The molecule has 0 saturated carbocycles. The smallest absolute Gasteiger partial charge is 0.251 e. The molecule has 2 N–H and O–H groups in total. The fourth-order valence-electron chi connectivity index (χ4n) is 2.98. The van der Waals surface area contributed by atoms with Gasteiger partial charge in [-0.1, -0.05) is 36.4 Å². The highest BCUT2D eigenvalue weighted by Gasteiger charge is 2.15. The molecule has 0 bridgehead atoms. The van der Waals surface area contributed by atoms with Gasteiger partial charge in [0.25, 0.3) is 5.91 Å². The standard InChI is InChI=1S/C22H17N3O2/c26-21(16-6-2-1-3-7-16)19-14-24-20-9-8-17(11-18(19)20)22(27)25-13-15-5-4-10-23-12-15/h1-12,14,24H,13H2,(H,25,27). The Bertz CT molecular complexity index is 1100. The Morgan fingerprint density at radius 3 is 2.59 bits per heavy atom. The Morgan fingerprint density at radius 1 is 0.963 bits per heavy atom. The first kappa shape index (κ1) is 16.7. The maximum atomic E-state index is 12.8. The highest BCUT2D eigenvalue weighted by atomic mass is 16.1. The molecule has 4 rings (SSSR count). The number of hydrogen-bond acceptors (Lipinski definition) is 3. The van der Waals surface area contributed by atoms with Crippen LogP contribution in [0.4, 0.5) is 0 Å². The van der Waals surface area contributed by atoms with E-state index in [0.717, 1.165) is 16.5 Å². The van der Waals surface area contributed by atoms with E-state index < -0.39 is 0 Å². The molecule has 0 fully saturated rings. The van der Waals surface area contributed by atoms with Crippen LogP contribution >= 0.6 is 0 Å². The summed E-state index contributed by atoms with van der Waals surface area (Å²) in [6, 6.07) is 18.1. The van der Waals surface area contributed by atoms with Crippen LogP contribution in [0.5, 0.6) is 0 Å². The van der Waals surface area contributed by atoms with Gasteiger partial charge in [-0.3, -0.25) is 14.6 Å². The second-order valence-corrected chi connectivity index (χ2v) is 6.20. The predicted octanol–water partition coefficient (Wildman–Crippen LogP) is 3.72. The third-order valence-corrected chi connectivity index (χ3v) is 4.40. The van der Waals surface area contributed by atoms with Crippen molar-refractivity contribution < 1.29 is 9.59 Å². The Morgan fingerprint density at radius 2 is 1.81 bits per heavy atom. The molecule has 0 spiro atoms. The summed E-state index contributed by atoms with van der Waals surface area (Å²) in [5.41, 5.74) is 3.42. The van der Waals surface area contributed by atoms with E-state index in [4.69, 9.17) is 0 Å². The first-order chi connectivity index (χ1) is 13.2. The number of carbonyl (C=O) groups excluding carboxylic acids is 2. The first-order valence-corrected chi connectivity index (χ1v) is 8.60. The molecule has 27 heavy (non-hydrogen) atoms. The predicted molar refractivity (Wildman–Crippen MR) is 104 cm³/mol. The summed E-state index contributed by atoms with van der Waals surface area (Å²) in [5.74, 6) is -0.269. The van der Waals surface area contributed by atoms with E-state index in [9.17, 15) is 9.59 Å². The zero-order valence-electron chi connectivity index (χ0n) is 14.5. The van der Waals surface area contributed by atoms with E-state index in [0.29, 0.717) is 23.2 Å². The van der Waals surface area contributed by atoms with Crippen LogP contribution in [0, 0.1) is 0 Å². The highest BCUT2D eigenvalue weighted by Crippen LogP contribution is 2.22. The summed E-state index contributed by atoms with van der Waals surface area (Å²) in [6.07, 6.45) is 5.10. The fourth-order valence-corrected chi connectivity index (χ4v) is 2.98. The number of H-pyrrole nitrogens is 1. The molecular formula is C22H17N3O2. The van der Waals surface area contributed by atoms with E-state index in [-0.39, 0.29) is 11.7 Å². The second kappa shape index (κ2) is 7.25. The molecule has 132 valence electrons. The number of nitrogens with zero attached hydrogens (tertiary/aromatic N) is 1. The lowest BCUT2D eigenvalue weighted by molar-refractivity contribution is 0.0950. The molecule has 0 radical (unpaired) electrons. The summed E-state index contributed by atoms with van der Waals surface area (Å²) >= 11 is 0. The molecule has 0 atom stereocenters. The number of benzene rings is 2. The van der Waals surface area contributed by atoms with Gasteiger partial charge in [0, 0.05) is 52.7 Å². The molecule has 0 aliphatic rings. The average molecular weight is 355 g/mol. The van der Waals surface area contributed by atoms with Crippen molar-refractivity contribution in [3.63, 3.8) is 0 Å². The number of rotatable bonds is 5.